The Hall–Kier alpha value is -1.87. The number of carboxylic acids is 1. The summed E-state index contributed by atoms with van der Waals surface area (Å²) in [5, 5.41) is 17.6. The Morgan fingerprint density at radius 2 is 2.35 bits per heavy atom. The minimum atomic E-state index is -0.952. The number of fused-ring (bicyclic) bond motifs is 1. The summed E-state index contributed by atoms with van der Waals surface area (Å²) >= 11 is 3.33. The van der Waals surface area contributed by atoms with Gasteiger partial charge >= 0.3 is 5.97 Å². The fraction of sp³-hybridized carbons (Fsp3) is 0.182. The van der Waals surface area contributed by atoms with Gasteiger partial charge in [0.05, 0.1) is 30.3 Å². The van der Waals surface area contributed by atoms with E-state index in [-0.39, 0.29) is 12.8 Å². The van der Waals surface area contributed by atoms with Gasteiger partial charge in [-0.3, -0.25) is 4.79 Å². The molecule has 2 aromatic rings. The molecule has 0 aromatic carbocycles. The number of hydrogen-bond donors (Lipinski definition) is 1. The lowest BCUT2D eigenvalue weighted by molar-refractivity contribution is -0.136. The third-order valence-electron chi connectivity index (χ3n) is 2.33. The van der Waals surface area contributed by atoms with Crippen LogP contribution in [-0.4, -0.2) is 20.5 Å². The molecule has 0 saturated heterocycles. The van der Waals surface area contributed by atoms with Crippen molar-refractivity contribution in [3.8, 4) is 6.07 Å². The molecule has 0 saturated carbocycles. The van der Waals surface area contributed by atoms with Crippen LogP contribution in [0.3, 0.4) is 0 Å². The minimum absolute atomic E-state index is 0.139. The molecule has 2 rings (SSSR count). The summed E-state index contributed by atoms with van der Waals surface area (Å²) in [6, 6.07) is 5.62. The summed E-state index contributed by atoms with van der Waals surface area (Å²) in [7, 11) is 0. The van der Waals surface area contributed by atoms with E-state index in [1.165, 1.54) is 0 Å². The van der Waals surface area contributed by atoms with E-state index in [1.54, 1.807) is 16.7 Å². The van der Waals surface area contributed by atoms with Gasteiger partial charge in [-0.15, -0.1) is 0 Å². The lowest BCUT2D eigenvalue weighted by atomic mass is 10.2. The van der Waals surface area contributed by atoms with Gasteiger partial charge in [0.15, 0.2) is 0 Å². The SMILES string of the molecule is N#CCc1c(CC(=O)O)nc2ccc(Br)cn12. The smallest absolute Gasteiger partial charge is 0.309 e. The summed E-state index contributed by atoms with van der Waals surface area (Å²) in [5.41, 5.74) is 1.72. The Morgan fingerprint density at radius 3 is 3.00 bits per heavy atom. The zero-order valence-corrected chi connectivity index (χ0v) is 10.3. The molecule has 0 aliphatic carbocycles. The molecule has 2 heterocycles. The molecule has 0 fully saturated rings. The van der Waals surface area contributed by atoms with Crippen molar-refractivity contribution >= 4 is 27.5 Å². The highest BCUT2D eigenvalue weighted by Gasteiger charge is 2.14. The molecule has 0 amide bonds. The van der Waals surface area contributed by atoms with Crippen LogP contribution < -0.4 is 0 Å². The van der Waals surface area contributed by atoms with E-state index in [0.29, 0.717) is 17.0 Å². The summed E-state index contributed by atoms with van der Waals surface area (Å²) in [6.07, 6.45) is 1.75. The second kappa shape index (κ2) is 4.55. The first-order valence-corrected chi connectivity index (χ1v) is 5.65. The molecule has 86 valence electrons. The summed E-state index contributed by atoms with van der Waals surface area (Å²) in [5.74, 6) is -0.952. The highest BCUT2D eigenvalue weighted by molar-refractivity contribution is 9.10. The van der Waals surface area contributed by atoms with Crippen molar-refractivity contribution in [1.29, 1.82) is 5.26 Å². The molecule has 6 heteroatoms. The largest absolute Gasteiger partial charge is 0.481 e. The van der Waals surface area contributed by atoms with E-state index < -0.39 is 5.97 Å². The van der Waals surface area contributed by atoms with E-state index in [0.717, 1.165) is 4.47 Å². The fourth-order valence-corrected chi connectivity index (χ4v) is 2.00. The highest BCUT2D eigenvalue weighted by Crippen LogP contribution is 2.18. The normalized spacial score (nSPS) is 10.4. The number of pyridine rings is 1. The average Bonchev–Trinajstić information content (AvgIpc) is 2.57. The van der Waals surface area contributed by atoms with Crippen LogP contribution in [-0.2, 0) is 17.6 Å². The number of nitriles is 1. The number of carbonyl (C=O) groups is 1. The second-order valence-electron chi connectivity index (χ2n) is 3.49. The minimum Gasteiger partial charge on any atom is -0.481 e. The van der Waals surface area contributed by atoms with Gasteiger partial charge in [0.25, 0.3) is 0 Å². The standard InChI is InChI=1S/C11H8BrN3O2/c12-7-1-2-10-14-8(5-11(16)17)9(3-4-13)15(10)6-7/h1-2,6H,3,5H2,(H,16,17). The molecule has 5 nitrogen and oxygen atoms in total. The maximum atomic E-state index is 10.7. The number of imidazole rings is 1. The average molecular weight is 294 g/mol. The topological polar surface area (TPSA) is 78.4 Å². The lowest BCUT2D eigenvalue weighted by Gasteiger charge is -1.99. The van der Waals surface area contributed by atoms with E-state index in [4.69, 9.17) is 10.4 Å². The molecule has 2 aromatic heterocycles. The van der Waals surface area contributed by atoms with Gasteiger partial charge in [-0.05, 0) is 28.1 Å². The number of hydrogen-bond acceptors (Lipinski definition) is 3. The van der Waals surface area contributed by atoms with Crippen molar-refractivity contribution in [3.63, 3.8) is 0 Å². The van der Waals surface area contributed by atoms with Crippen LogP contribution in [0, 0.1) is 11.3 Å². The third kappa shape index (κ3) is 2.29. The van der Waals surface area contributed by atoms with Crippen LogP contribution in [0.1, 0.15) is 11.4 Å². The van der Waals surface area contributed by atoms with Crippen LogP contribution in [0.25, 0.3) is 5.65 Å². The molecule has 0 aliphatic rings. The predicted molar refractivity (Wildman–Crippen MR) is 63.5 cm³/mol. The van der Waals surface area contributed by atoms with Gasteiger partial charge in [0.2, 0.25) is 0 Å². The quantitative estimate of drug-likeness (QED) is 0.936. The summed E-state index contributed by atoms with van der Waals surface area (Å²) < 4.78 is 2.59. The Labute approximate surface area is 105 Å². The van der Waals surface area contributed by atoms with Crippen molar-refractivity contribution in [3.05, 3.63) is 34.2 Å². The van der Waals surface area contributed by atoms with Crippen molar-refractivity contribution in [1.82, 2.24) is 9.38 Å². The molecule has 0 atom stereocenters. The number of aromatic nitrogens is 2. The van der Waals surface area contributed by atoms with Crippen molar-refractivity contribution in [2.24, 2.45) is 0 Å². The van der Waals surface area contributed by atoms with Crippen LogP contribution in [0.2, 0.25) is 0 Å². The number of halogens is 1. The molecule has 0 unspecified atom stereocenters. The first-order valence-electron chi connectivity index (χ1n) is 4.86. The van der Waals surface area contributed by atoms with Crippen LogP contribution >= 0.6 is 15.9 Å². The molecule has 0 bridgehead atoms. The number of rotatable bonds is 3. The van der Waals surface area contributed by atoms with Gasteiger partial charge < -0.3 is 9.51 Å². The Bertz CT molecular complexity index is 627. The van der Waals surface area contributed by atoms with Gasteiger partial charge in [-0.25, -0.2) is 4.98 Å². The summed E-state index contributed by atoms with van der Waals surface area (Å²) in [6.45, 7) is 0. The molecular formula is C11H8BrN3O2. The predicted octanol–water partition coefficient (Wildman–Crippen LogP) is 1.79. The zero-order valence-electron chi connectivity index (χ0n) is 8.72. The van der Waals surface area contributed by atoms with Crippen LogP contribution in [0.15, 0.2) is 22.8 Å². The fourth-order valence-electron chi connectivity index (χ4n) is 1.66. The first-order chi connectivity index (χ1) is 8.11. The van der Waals surface area contributed by atoms with Gasteiger partial charge in [-0.2, -0.15) is 5.26 Å². The maximum absolute atomic E-state index is 10.7. The molecule has 0 aliphatic heterocycles. The third-order valence-corrected chi connectivity index (χ3v) is 2.80. The van der Waals surface area contributed by atoms with Crippen molar-refractivity contribution in [2.75, 3.05) is 0 Å². The molecular weight excluding hydrogens is 286 g/mol. The Morgan fingerprint density at radius 1 is 1.59 bits per heavy atom. The van der Waals surface area contributed by atoms with Gasteiger partial charge in [-0.1, -0.05) is 0 Å². The Kier molecular flexibility index (Phi) is 3.11. The molecule has 1 N–H and O–H groups in total. The van der Waals surface area contributed by atoms with Crippen molar-refractivity contribution < 1.29 is 9.90 Å². The van der Waals surface area contributed by atoms with E-state index in [2.05, 4.69) is 20.9 Å². The summed E-state index contributed by atoms with van der Waals surface area (Å²) in [4.78, 5) is 15.0. The van der Waals surface area contributed by atoms with E-state index in [1.807, 2.05) is 12.1 Å². The molecule has 0 spiro atoms. The molecule has 0 radical (unpaired) electrons. The van der Waals surface area contributed by atoms with E-state index >= 15 is 0 Å². The van der Waals surface area contributed by atoms with Gasteiger partial charge in [0.1, 0.15) is 5.65 Å². The highest BCUT2D eigenvalue weighted by atomic mass is 79.9. The van der Waals surface area contributed by atoms with Crippen LogP contribution in [0.5, 0.6) is 0 Å². The monoisotopic (exact) mass is 293 g/mol. The second-order valence-corrected chi connectivity index (χ2v) is 4.40. The Balaban J connectivity index is 2.63. The first kappa shape index (κ1) is 11.6. The van der Waals surface area contributed by atoms with Crippen molar-refractivity contribution in [2.45, 2.75) is 12.8 Å². The number of nitrogens with zero attached hydrogens (tertiary/aromatic N) is 3. The maximum Gasteiger partial charge on any atom is 0.309 e. The van der Waals surface area contributed by atoms with E-state index in [9.17, 15) is 4.79 Å². The van der Waals surface area contributed by atoms with Crippen LogP contribution in [0.4, 0.5) is 0 Å². The lowest BCUT2D eigenvalue weighted by Crippen LogP contribution is -2.04. The number of carboxylic acid groups (broad SMARTS) is 1. The van der Waals surface area contributed by atoms with Gasteiger partial charge in [0, 0.05) is 10.7 Å². The number of aliphatic carboxylic acids is 1. The molecule has 17 heavy (non-hydrogen) atoms. The zero-order chi connectivity index (χ0) is 12.4.